The zero-order valence-corrected chi connectivity index (χ0v) is 33.8. The van der Waals surface area contributed by atoms with Crippen LogP contribution in [-0.4, -0.2) is 0 Å². The van der Waals surface area contributed by atoms with Gasteiger partial charge in [-0.1, -0.05) is 159 Å². The van der Waals surface area contributed by atoms with Crippen LogP contribution in [0, 0.1) is 0 Å². The molecule has 286 valence electrons. The van der Waals surface area contributed by atoms with Gasteiger partial charge in [0.2, 0.25) is 0 Å². The summed E-state index contributed by atoms with van der Waals surface area (Å²) in [6.07, 6.45) is 8.17. The van der Waals surface area contributed by atoms with Crippen molar-refractivity contribution in [2.24, 2.45) is 0 Å². The highest BCUT2D eigenvalue weighted by Gasteiger charge is 2.36. The minimum atomic E-state index is -0.217. The molecule has 0 radical (unpaired) electrons. The molecule has 10 rings (SSSR count). The third kappa shape index (κ3) is 6.55. The SMILES string of the molecule is CC1(C)c2ccccc2-c2ccc(N(c3ccc(-c4ccccc4)cc3)c3ccc(C4(c5ccc(N(c6ccccc6)c6ccccc6)cc5)C=CCCC4)cc3)cc21. The van der Waals surface area contributed by atoms with E-state index in [0.29, 0.717) is 0 Å². The fraction of sp³-hybridized carbons (Fsp3) is 0.123. The summed E-state index contributed by atoms with van der Waals surface area (Å²) in [5, 5.41) is 0. The van der Waals surface area contributed by atoms with Gasteiger partial charge in [0.15, 0.2) is 0 Å². The van der Waals surface area contributed by atoms with E-state index >= 15 is 0 Å². The Labute approximate surface area is 349 Å². The first-order valence-electron chi connectivity index (χ1n) is 21.0. The highest BCUT2D eigenvalue weighted by atomic mass is 15.1. The van der Waals surface area contributed by atoms with E-state index in [4.69, 9.17) is 0 Å². The predicted octanol–water partition coefficient (Wildman–Crippen LogP) is 15.6. The molecule has 1 unspecified atom stereocenters. The summed E-state index contributed by atoms with van der Waals surface area (Å²) in [5.41, 5.74) is 17.1. The fourth-order valence-electron chi connectivity index (χ4n) is 9.64. The molecule has 8 aromatic rings. The van der Waals surface area contributed by atoms with E-state index in [-0.39, 0.29) is 10.8 Å². The lowest BCUT2D eigenvalue weighted by Crippen LogP contribution is -2.27. The van der Waals surface area contributed by atoms with Crippen LogP contribution in [0.3, 0.4) is 0 Å². The summed E-state index contributed by atoms with van der Waals surface area (Å²) in [7, 11) is 0. The summed E-state index contributed by atoms with van der Waals surface area (Å²) < 4.78 is 0. The Bertz CT molecular complexity index is 2690. The van der Waals surface area contributed by atoms with Crippen molar-refractivity contribution in [3.05, 3.63) is 241 Å². The number of hydrogen-bond acceptors (Lipinski definition) is 2. The van der Waals surface area contributed by atoms with Gasteiger partial charge in [-0.25, -0.2) is 0 Å². The molecular formula is C57H48N2. The smallest absolute Gasteiger partial charge is 0.0465 e. The van der Waals surface area contributed by atoms with Crippen LogP contribution in [-0.2, 0) is 10.8 Å². The lowest BCUT2D eigenvalue weighted by Gasteiger charge is -2.36. The molecule has 0 N–H and O–H groups in total. The van der Waals surface area contributed by atoms with E-state index in [1.165, 1.54) is 44.5 Å². The van der Waals surface area contributed by atoms with Crippen LogP contribution in [0.5, 0.6) is 0 Å². The monoisotopic (exact) mass is 760 g/mol. The third-order valence-electron chi connectivity index (χ3n) is 12.7. The zero-order valence-electron chi connectivity index (χ0n) is 33.8. The third-order valence-corrected chi connectivity index (χ3v) is 12.7. The number of rotatable bonds is 9. The topological polar surface area (TPSA) is 6.48 Å². The summed E-state index contributed by atoms with van der Waals surface area (Å²) in [4.78, 5) is 4.76. The molecule has 0 aromatic heterocycles. The summed E-state index contributed by atoms with van der Waals surface area (Å²) in [6, 6.07) is 75.6. The molecule has 0 bridgehead atoms. The van der Waals surface area contributed by atoms with Gasteiger partial charge >= 0.3 is 0 Å². The highest BCUT2D eigenvalue weighted by Crippen LogP contribution is 2.51. The number of hydrogen-bond donors (Lipinski definition) is 0. The van der Waals surface area contributed by atoms with Crippen molar-refractivity contribution in [3.8, 4) is 22.3 Å². The molecule has 59 heavy (non-hydrogen) atoms. The first kappa shape index (κ1) is 36.4. The molecule has 2 heteroatoms. The van der Waals surface area contributed by atoms with Gasteiger partial charge < -0.3 is 9.80 Å². The average molecular weight is 761 g/mol. The highest BCUT2D eigenvalue weighted by molar-refractivity contribution is 5.86. The molecule has 0 aliphatic heterocycles. The maximum absolute atomic E-state index is 2.47. The van der Waals surface area contributed by atoms with E-state index < -0.39 is 0 Å². The van der Waals surface area contributed by atoms with Gasteiger partial charge in [-0.15, -0.1) is 0 Å². The number of nitrogens with zero attached hydrogens (tertiary/aromatic N) is 2. The van der Waals surface area contributed by atoms with Gasteiger partial charge in [-0.05, 0) is 137 Å². The average Bonchev–Trinajstić information content (AvgIpc) is 3.53. The Morgan fingerprint density at radius 3 is 1.39 bits per heavy atom. The maximum atomic E-state index is 2.47. The second-order valence-electron chi connectivity index (χ2n) is 16.5. The molecule has 8 aromatic carbocycles. The van der Waals surface area contributed by atoms with Crippen LogP contribution in [0.4, 0.5) is 34.1 Å². The van der Waals surface area contributed by atoms with E-state index in [1.54, 1.807) is 0 Å². The Morgan fingerprint density at radius 2 is 0.831 bits per heavy atom. The van der Waals surface area contributed by atoms with Crippen LogP contribution in [0.2, 0.25) is 0 Å². The fourth-order valence-corrected chi connectivity index (χ4v) is 9.64. The molecule has 0 saturated carbocycles. The molecule has 2 nitrogen and oxygen atoms in total. The van der Waals surface area contributed by atoms with Gasteiger partial charge in [0.05, 0.1) is 0 Å². The van der Waals surface area contributed by atoms with Crippen LogP contribution in [0.25, 0.3) is 22.3 Å². The van der Waals surface area contributed by atoms with Crippen molar-refractivity contribution in [1.82, 2.24) is 0 Å². The number of fused-ring (bicyclic) bond motifs is 3. The molecule has 2 aliphatic carbocycles. The van der Waals surface area contributed by atoms with E-state index in [0.717, 1.165) is 53.4 Å². The van der Waals surface area contributed by atoms with E-state index in [9.17, 15) is 0 Å². The van der Waals surface area contributed by atoms with E-state index in [2.05, 4.69) is 242 Å². The van der Waals surface area contributed by atoms with E-state index in [1.807, 2.05) is 0 Å². The Balaban J connectivity index is 1.04. The largest absolute Gasteiger partial charge is 0.311 e. The standard InChI is InChI=1S/C57H48N2/c1-56(2)54-24-14-13-23-52(54)53-38-37-51(41-55(53)56)59(48-31-25-43(26-32-48)42-17-7-3-8-18-42)50-35-29-45(30-36-50)57(39-15-6-16-40-57)44-27-33-49(34-28-44)58(46-19-9-4-10-20-46)47-21-11-5-12-22-47/h3-5,7-15,17-39,41H,6,16,40H2,1-2H3. The van der Waals surface area contributed by atoms with Crippen LogP contribution in [0.1, 0.15) is 55.4 Å². The summed E-state index contributed by atoms with van der Waals surface area (Å²) in [6.45, 7) is 4.72. The first-order valence-corrected chi connectivity index (χ1v) is 21.0. The molecule has 1 atom stereocenters. The maximum Gasteiger partial charge on any atom is 0.0465 e. The Kier molecular flexibility index (Phi) is 9.34. The number of para-hydroxylation sites is 2. The van der Waals surface area contributed by atoms with Gasteiger partial charge in [-0.3, -0.25) is 0 Å². The normalized spacial score (nSPS) is 16.2. The van der Waals surface area contributed by atoms with Crippen molar-refractivity contribution in [3.63, 3.8) is 0 Å². The molecule has 0 heterocycles. The Hall–Kier alpha value is -6.90. The number of anilines is 6. The summed E-state index contributed by atoms with van der Waals surface area (Å²) in [5.74, 6) is 0. The van der Waals surface area contributed by atoms with Crippen LogP contribution < -0.4 is 9.80 Å². The molecule has 0 spiro atoms. The Morgan fingerprint density at radius 1 is 0.390 bits per heavy atom. The molecule has 0 fully saturated rings. The van der Waals surface area contributed by atoms with Crippen molar-refractivity contribution in [1.29, 1.82) is 0 Å². The number of benzene rings is 8. The van der Waals surface area contributed by atoms with Crippen molar-refractivity contribution in [2.75, 3.05) is 9.80 Å². The van der Waals surface area contributed by atoms with Crippen molar-refractivity contribution < 1.29 is 0 Å². The van der Waals surface area contributed by atoms with Crippen LogP contribution >= 0.6 is 0 Å². The molecule has 2 aliphatic rings. The van der Waals surface area contributed by atoms with Gasteiger partial charge in [-0.2, -0.15) is 0 Å². The molecular weight excluding hydrogens is 713 g/mol. The lowest BCUT2D eigenvalue weighted by molar-refractivity contribution is 0.530. The lowest BCUT2D eigenvalue weighted by atomic mass is 9.69. The minimum Gasteiger partial charge on any atom is -0.311 e. The number of allylic oxidation sites excluding steroid dienone is 2. The van der Waals surface area contributed by atoms with Crippen LogP contribution in [0.15, 0.2) is 218 Å². The quantitative estimate of drug-likeness (QED) is 0.135. The molecule has 0 amide bonds. The van der Waals surface area contributed by atoms with Gasteiger partial charge in [0.25, 0.3) is 0 Å². The minimum absolute atomic E-state index is 0.0941. The predicted molar refractivity (Wildman–Crippen MR) is 249 cm³/mol. The first-order chi connectivity index (χ1) is 29.0. The van der Waals surface area contributed by atoms with Crippen molar-refractivity contribution in [2.45, 2.75) is 43.9 Å². The van der Waals surface area contributed by atoms with Gasteiger partial charge in [0.1, 0.15) is 0 Å². The molecule has 0 saturated heterocycles. The zero-order chi connectivity index (χ0) is 39.8. The second-order valence-corrected chi connectivity index (χ2v) is 16.5. The van der Waals surface area contributed by atoms with Crippen molar-refractivity contribution >= 4 is 34.1 Å². The second kappa shape index (κ2) is 15.1. The van der Waals surface area contributed by atoms with Gasteiger partial charge in [0, 0.05) is 45.0 Å². The summed E-state index contributed by atoms with van der Waals surface area (Å²) >= 11 is 0.